The van der Waals surface area contributed by atoms with Crippen molar-refractivity contribution in [2.24, 2.45) is 0 Å². The van der Waals surface area contributed by atoms with Gasteiger partial charge >= 0.3 is 0 Å². The van der Waals surface area contributed by atoms with E-state index in [0.29, 0.717) is 23.8 Å². The van der Waals surface area contributed by atoms with Crippen LogP contribution in [-0.4, -0.2) is 58.4 Å². The van der Waals surface area contributed by atoms with Crippen LogP contribution in [0, 0.1) is 0 Å². The van der Waals surface area contributed by atoms with Gasteiger partial charge in [-0.05, 0) is 45.1 Å². The predicted molar refractivity (Wildman–Crippen MR) is 93.2 cm³/mol. The van der Waals surface area contributed by atoms with Crippen molar-refractivity contribution < 1.29 is 9.53 Å². The number of nitrogens with zero attached hydrogens (tertiary/aromatic N) is 5. The number of hydrogen-bond donors (Lipinski definition) is 0. The van der Waals surface area contributed by atoms with Gasteiger partial charge in [-0.15, -0.1) is 0 Å². The first-order valence-electron chi connectivity index (χ1n) is 8.36. The van der Waals surface area contributed by atoms with E-state index in [-0.39, 0.29) is 11.9 Å². The summed E-state index contributed by atoms with van der Waals surface area (Å²) in [4.78, 5) is 30.1. The third kappa shape index (κ3) is 3.76. The fourth-order valence-corrected chi connectivity index (χ4v) is 3.13. The molecule has 7 nitrogen and oxygen atoms in total. The number of likely N-dealkylation sites (tertiary alicyclic amines) is 1. The molecule has 0 aliphatic carbocycles. The Morgan fingerprint density at radius 3 is 2.92 bits per heavy atom. The Balaban J connectivity index is 1.86. The highest BCUT2D eigenvalue weighted by molar-refractivity contribution is 5.96. The second-order valence-corrected chi connectivity index (χ2v) is 6.36. The van der Waals surface area contributed by atoms with Gasteiger partial charge in [0.1, 0.15) is 5.56 Å². The van der Waals surface area contributed by atoms with Crippen molar-refractivity contribution in [2.75, 3.05) is 27.7 Å². The maximum absolute atomic E-state index is 13.0. The molecular formula is C18H23N5O2. The Morgan fingerprint density at radius 1 is 1.32 bits per heavy atom. The molecule has 0 saturated carbocycles. The van der Waals surface area contributed by atoms with E-state index in [9.17, 15) is 4.79 Å². The van der Waals surface area contributed by atoms with Gasteiger partial charge < -0.3 is 14.5 Å². The van der Waals surface area contributed by atoms with Crippen molar-refractivity contribution >= 4 is 5.91 Å². The average molecular weight is 341 g/mol. The van der Waals surface area contributed by atoms with Gasteiger partial charge in [0.05, 0.1) is 18.8 Å². The monoisotopic (exact) mass is 341 g/mol. The number of pyridine rings is 1. The van der Waals surface area contributed by atoms with Crippen LogP contribution in [0.1, 0.15) is 40.8 Å². The van der Waals surface area contributed by atoms with E-state index in [0.717, 1.165) is 25.1 Å². The van der Waals surface area contributed by atoms with Gasteiger partial charge in [-0.25, -0.2) is 15.0 Å². The Morgan fingerprint density at radius 2 is 2.16 bits per heavy atom. The molecule has 0 radical (unpaired) electrons. The van der Waals surface area contributed by atoms with Crippen molar-refractivity contribution in [2.45, 2.75) is 25.4 Å². The van der Waals surface area contributed by atoms with Crippen molar-refractivity contribution in [1.82, 2.24) is 24.8 Å². The molecule has 0 aromatic carbocycles. The number of carbonyl (C=O) groups is 1. The summed E-state index contributed by atoms with van der Waals surface area (Å²) in [5, 5.41) is 0. The molecule has 2 aromatic rings. The van der Waals surface area contributed by atoms with Crippen LogP contribution in [0.4, 0.5) is 0 Å². The molecule has 1 fully saturated rings. The van der Waals surface area contributed by atoms with Crippen LogP contribution < -0.4 is 4.74 Å². The van der Waals surface area contributed by atoms with E-state index in [1.54, 1.807) is 24.5 Å². The molecule has 1 amide bonds. The standard InChI is InChI=1S/C18H23N5O2/c1-22(2)12-13-8-10-19-16(21-13)15-7-5-11-23(15)18(24)14-6-4-9-20-17(14)25-3/h4,6,8-10,15H,5,7,11-12H2,1-3H3. The van der Waals surface area contributed by atoms with E-state index in [1.165, 1.54) is 7.11 Å². The van der Waals surface area contributed by atoms with Crippen molar-refractivity contribution in [3.63, 3.8) is 0 Å². The summed E-state index contributed by atoms with van der Waals surface area (Å²) >= 11 is 0. The van der Waals surface area contributed by atoms with Gasteiger partial charge in [0.15, 0.2) is 5.82 Å². The fourth-order valence-electron chi connectivity index (χ4n) is 3.13. The van der Waals surface area contributed by atoms with Crippen LogP contribution >= 0.6 is 0 Å². The molecule has 1 aliphatic rings. The molecule has 2 aromatic heterocycles. The SMILES string of the molecule is COc1ncccc1C(=O)N1CCCC1c1nccc(CN(C)C)n1. The molecule has 3 heterocycles. The van der Waals surface area contributed by atoms with Gasteiger partial charge in [0.2, 0.25) is 5.88 Å². The molecule has 0 bridgehead atoms. The number of methoxy groups -OCH3 is 1. The largest absolute Gasteiger partial charge is 0.480 e. The summed E-state index contributed by atoms with van der Waals surface area (Å²) in [6.07, 6.45) is 5.18. The minimum Gasteiger partial charge on any atom is -0.480 e. The third-order valence-electron chi connectivity index (χ3n) is 4.22. The van der Waals surface area contributed by atoms with E-state index in [1.807, 2.05) is 25.1 Å². The number of rotatable bonds is 5. The lowest BCUT2D eigenvalue weighted by atomic mass is 10.1. The zero-order valence-corrected chi connectivity index (χ0v) is 14.8. The summed E-state index contributed by atoms with van der Waals surface area (Å²) in [6.45, 7) is 1.43. The van der Waals surface area contributed by atoms with Gasteiger partial charge in [-0.1, -0.05) is 0 Å². The summed E-state index contributed by atoms with van der Waals surface area (Å²) in [6, 6.07) is 5.29. The third-order valence-corrected chi connectivity index (χ3v) is 4.22. The summed E-state index contributed by atoms with van der Waals surface area (Å²) in [7, 11) is 5.53. The molecular weight excluding hydrogens is 318 g/mol. The number of carbonyl (C=O) groups excluding carboxylic acids is 1. The van der Waals surface area contributed by atoms with Crippen LogP contribution in [0.3, 0.4) is 0 Å². The van der Waals surface area contributed by atoms with E-state index < -0.39 is 0 Å². The summed E-state index contributed by atoms with van der Waals surface area (Å²) in [5.74, 6) is 0.961. The Bertz CT molecular complexity index is 750. The Labute approximate surface area is 147 Å². The first-order chi connectivity index (χ1) is 12.1. The topological polar surface area (TPSA) is 71.5 Å². The van der Waals surface area contributed by atoms with Gasteiger partial charge in [0.25, 0.3) is 5.91 Å². The first kappa shape index (κ1) is 17.3. The molecule has 7 heteroatoms. The lowest BCUT2D eigenvalue weighted by molar-refractivity contribution is 0.0725. The summed E-state index contributed by atoms with van der Waals surface area (Å²) in [5.41, 5.74) is 1.43. The Hall–Kier alpha value is -2.54. The number of ether oxygens (including phenoxy) is 1. The minimum absolute atomic E-state index is 0.0888. The van der Waals surface area contributed by atoms with Crippen molar-refractivity contribution in [3.05, 3.63) is 47.7 Å². The molecule has 0 N–H and O–H groups in total. The number of amides is 1. The molecule has 1 atom stereocenters. The number of hydrogen-bond acceptors (Lipinski definition) is 6. The normalized spacial score (nSPS) is 17.1. The van der Waals surface area contributed by atoms with Crippen LogP contribution in [0.15, 0.2) is 30.6 Å². The van der Waals surface area contributed by atoms with Crippen LogP contribution in [0.5, 0.6) is 5.88 Å². The van der Waals surface area contributed by atoms with Crippen molar-refractivity contribution in [1.29, 1.82) is 0 Å². The lowest BCUT2D eigenvalue weighted by Crippen LogP contribution is -2.32. The number of aromatic nitrogens is 3. The molecule has 1 aliphatic heterocycles. The molecule has 25 heavy (non-hydrogen) atoms. The smallest absolute Gasteiger partial charge is 0.259 e. The molecule has 0 spiro atoms. The highest BCUT2D eigenvalue weighted by Crippen LogP contribution is 2.32. The quantitative estimate of drug-likeness (QED) is 0.827. The zero-order valence-electron chi connectivity index (χ0n) is 14.8. The second-order valence-electron chi connectivity index (χ2n) is 6.36. The van der Waals surface area contributed by atoms with Crippen molar-refractivity contribution in [3.8, 4) is 5.88 Å². The highest BCUT2D eigenvalue weighted by Gasteiger charge is 2.34. The van der Waals surface area contributed by atoms with E-state index in [4.69, 9.17) is 4.74 Å². The zero-order chi connectivity index (χ0) is 17.8. The average Bonchev–Trinajstić information content (AvgIpc) is 3.10. The maximum atomic E-state index is 13.0. The maximum Gasteiger partial charge on any atom is 0.259 e. The molecule has 3 rings (SSSR count). The molecule has 132 valence electrons. The van der Waals surface area contributed by atoms with Gasteiger partial charge in [-0.2, -0.15) is 0 Å². The predicted octanol–water partition coefficient (Wildman–Crippen LogP) is 1.92. The van der Waals surface area contributed by atoms with Gasteiger partial charge in [0, 0.05) is 25.5 Å². The van der Waals surface area contributed by atoms with Gasteiger partial charge in [-0.3, -0.25) is 4.79 Å². The molecule has 1 unspecified atom stereocenters. The van der Waals surface area contributed by atoms with Crippen LogP contribution in [0.2, 0.25) is 0 Å². The van der Waals surface area contributed by atoms with Crippen LogP contribution in [-0.2, 0) is 6.54 Å². The second kappa shape index (κ2) is 7.57. The lowest BCUT2D eigenvalue weighted by Gasteiger charge is -2.24. The van der Waals surface area contributed by atoms with E-state index in [2.05, 4.69) is 19.9 Å². The van der Waals surface area contributed by atoms with E-state index >= 15 is 0 Å². The molecule has 1 saturated heterocycles. The van der Waals surface area contributed by atoms with Crippen LogP contribution in [0.25, 0.3) is 0 Å². The fraction of sp³-hybridized carbons (Fsp3) is 0.444. The minimum atomic E-state index is -0.112. The summed E-state index contributed by atoms with van der Waals surface area (Å²) < 4.78 is 5.23. The highest BCUT2D eigenvalue weighted by atomic mass is 16.5. The Kier molecular flexibility index (Phi) is 5.23. The first-order valence-corrected chi connectivity index (χ1v) is 8.36.